The van der Waals surface area contributed by atoms with E-state index in [2.05, 4.69) is 23.5 Å². The van der Waals surface area contributed by atoms with Crippen LogP contribution in [0.1, 0.15) is 11.6 Å². The minimum atomic E-state index is 0.231. The van der Waals surface area contributed by atoms with Gasteiger partial charge >= 0.3 is 0 Å². The molecule has 0 radical (unpaired) electrons. The Labute approximate surface area is 118 Å². The van der Waals surface area contributed by atoms with Crippen molar-refractivity contribution in [2.45, 2.75) is 6.04 Å². The minimum absolute atomic E-state index is 0.231. The first kappa shape index (κ1) is 12.7. The van der Waals surface area contributed by atoms with Crippen molar-refractivity contribution in [1.29, 1.82) is 0 Å². The van der Waals surface area contributed by atoms with Crippen molar-refractivity contribution in [1.82, 2.24) is 5.32 Å². The standard InChI is InChI=1S/C16H16ClNO/c17-15-9-13(12-4-2-1-3-5-12)8-14(10-15)16-11-19-7-6-18-16/h1-5,8-10,16,18H,6-7,11H2. The lowest BCUT2D eigenvalue weighted by Gasteiger charge is -2.24. The van der Waals surface area contributed by atoms with Gasteiger partial charge in [-0.15, -0.1) is 0 Å². The first-order valence-corrected chi connectivity index (χ1v) is 6.88. The van der Waals surface area contributed by atoms with E-state index in [0.717, 1.165) is 23.7 Å². The summed E-state index contributed by atoms with van der Waals surface area (Å²) in [5, 5.41) is 4.22. The van der Waals surface area contributed by atoms with Crippen LogP contribution >= 0.6 is 11.6 Å². The SMILES string of the molecule is Clc1cc(-c2ccccc2)cc(C2COCCN2)c1. The van der Waals surface area contributed by atoms with E-state index in [1.165, 1.54) is 11.1 Å². The highest BCUT2D eigenvalue weighted by atomic mass is 35.5. The number of nitrogens with one attached hydrogen (secondary N) is 1. The van der Waals surface area contributed by atoms with Crippen LogP contribution in [0.2, 0.25) is 5.02 Å². The van der Waals surface area contributed by atoms with Crippen molar-refractivity contribution in [2.24, 2.45) is 0 Å². The van der Waals surface area contributed by atoms with Crippen molar-refractivity contribution in [2.75, 3.05) is 19.8 Å². The minimum Gasteiger partial charge on any atom is -0.378 e. The molecule has 3 rings (SSSR count). The highest BCUT2D eigenvalue weighted by Gasteiger charge is 2.16. The molecule has 0 bridgehead atoms. The first-order chi connectivity index (χ1) is 9.33. The fourth-order valence-electron chi connectivity index (χ4n) is 2.39. The molecular weight excluding hydrogens is 258 g/mol. The molecule has 0 spiro atoms. The van der Waals surface area contributed by atoms with Crippen LogP contribution in [-0.4, -0.2) is 19.8 Å². The summed E-state index contributed by atoms with van der Waals surface area (Å²) in [6, 6.07) is 16.7. The Balaban J connectivity index is 1.96. The van der Waals surface area contributed by atoms with Gasteiger partial charge < -0.3 is 10.1 Å². The van der Waals surface area contributed by atoms with Crippen LogP contribution in [0, 0.1) is 0 Å². The molecule has 0 saturated carbocycles. The summed E-state index contributed by atoms with van der Waals surface area (Å²) in [4.78, 5) is 0. The van der Waals surface area contributed by atoms with E-state index in [1.807, 2.05) is 30.3 Å². The number of halogens is 1. The average molecular weight is 274 g/mol. The van der Waals surface area contributed by atoms with Crippen LogP contribution in [0.4, 0.5) is 0 Å². The monoisotopic (exact) mass is 273 g/mol. The predicted molar refractivity (Wildman–Crippen MR) is 78.5 cm³/mol. The van der Waals surface area contributed by atoms with Crippen LogP contribution in [-0.2, 0) is 4.74 Å². The van der Waals surface area contributed by atoms with E-state index in [0.29, 0.717) is 6.61 Å². The third kappa shape index (κ3) is 2.98. The highest BCUT2D eigenvalue weighted by molar-refractivity contribution is 6.31. The molecule has 1 heterocycles. The summed E-state index contributed by atoms with van der Waals surface area (Å²) in [7, 11) is 0. The zero-order valence-electron chi connectivity index (χ0n) is 10.6. The largest absolute Gasteiger partial charge is 0.378 e. The number of benzene rings is 2. The average Bonchev–Trinajstić information content (AvgIpc) is 2.48. The number of hydrogen-bond acceptors (Lipinski definition) is 2. The van der Waals surface area contributed by atoms with Gasteiger partial charge in [0.15, 0.2) is 0 Å². The van der Waals surface area contributed by atoms with Crippen LogP contribution < -0.4 is 5.32 Å². The van der Waals surface area contributed by atoms with E-state index in [1.54, 1.807) is 0 Å². The van der Waals surface area contributed by atoms with Gasteiger partial charge in [-0.25, -0.2) is 0 Å². The van der Waals surface area contributed by atoms with E-state index in [4.69, 9.17) is 16.3 Å². The van der Waals surface area contributed by atoms with Gasteiger partial charge in [0.1, 0.15) is 0 Å². The maximum atomic E-state index is 6.25. The molecule has 2 aromatic rings. The normalized spacial score (nSPS) is 19.3. The van der Waals surface area contributed by atoms with Crippen molar-refractivity contribution < 1.29 is 4.74 Å². The molecule has 1 aliphatic rings. The van der Waals surface area contributed by atoms with Gasteiger partial charge in [-0.05, 0) is 34.9 Å². The highest BCUT2D eigenvalue weighted by Crippen LogP contribution is 2.28. The van der Waals surface area contributed by atoms with Gasteiger partial charge in [0.25, 0.3) is 0 Å². The molecule has 98 valence electrons. The van der Waals surface area contributed by atoms with Crippen molar-refractivity contribution >= 4 is 11.6 Å². The van der Waals surface area contributed by atoms with Crippen molar-refractivity contribution in [3.63, 3.8) is 0 Å². The molecule has 1 unspecified atom stereocenters. The fourth-order valence-corrected chi connectivity index (χ4v) is 2.63. The molecular formula is C16H16ClNO. The van der Waals surface area contributed by atoms with Gasteiger partial charge in [-0.3, -0.25) is 0 Å². The van der Waals surface area contributed by atoms with Crippen LogP contribution in [0.5, 0.6) is 0 Å². The summed E-state index contributed by atoms with van der Waals surface area (Å²) in [5.41, 5.74) is 3.52. The number of rotatable bonds is 2. The lowest BCUT2D eigenvalue weighted by Crippen LogP contribution is -2.34. The summed E-state index contributed by atoms with van der Waals surface area (Å²) < 4.78 is 5.52. The van der Waals surface area contributed by atoms with Gasteiger partial charge in [0.05, 0.1) is 19.3 Å². The maximum Gasteiger partial charge on any atom is 0.0662 e. The Hall–Kier alpha value is -1.35. The van der Waals surface area contributed by atoms with Gasteiger partial charge in [0.2, 0.25) is 0 Å². The molecule has 1 atom stereocenters. The first-order valence-electron chi connectivity index (χ1n) is 6.50. The van der Waals surface area contributed by atoms with Crippen molar-refractivity contribution in [3.05, 3.63) is 59.1 Å². The smallest absolute Gasteiger partial charge is 0.0662 e. The molecule has 2 aromatic carbocycles. The molecule has 1 N–H and O–H groups in total. The molecule has 19 heavy (non-hydrogen) atoms. The zero-order chi connectivity index (χ0) is 13.1. The molecule has 3 heteroatoms. The number of ether oxygens (including phenoxy) is 1. The fraction of sp³-hybridized carbons (Fsp3) is 0.250. The second kappa shape index (κ2) is 5.74. The molecule has 2 nitrogen and oxygen atoms in total. The molecule has 1 saturated heterocycles. The molecule has 1 aliphatic heterocycles. The second-order valence-electron chi connectivity index (χ2n) is 4.72. The van der Waals surface area contributed by atoms with Crippen LogP contribution in [0.15, 0.2) is 48.5 Å². The Bertz CT molecular complexity index is 550. The molecule has 0 aliphatic carbocycles. The lowest BCUT2D eigenvalue weighted by atomic mass is 9.99. The number of hydrogen-bond donors (Lipinski definition) is 1. The zero-order valence-corrected chi connectivity index (χ0v) is 11.4. The Morgan fingerprint density at radius 3 is 2.63 bits per heavy atom. The lowest BCUT2D eigenvalue weighted by molar-refractivity contribution is 0.0769. The van der Waals surface area contributed by atoms with Gasteiger partial charge in [-0.2, -0.15) is 0 Å². The van der Waals surface area contributed by atoms with Gasteiger partial charge in [0, 0.05) is 11.6 Å². The Morgan fingerprint density at radius 1 is 1.05 bits per heavy atom. The molecule has 0 aromatic heterocycles. The van der Waals surface area contributed by atoms with E-state index >= 15 is 0 Å². The maximum absolute atomic E-state index is 6.25. The predicted octanol–water partition coefficient (Wildman–Crippen LogP) is 3.67. The summed E-state index contributed by atoms with van der Waals surface area (Å²) in [6.07, 6.45) is 0. The van der Waals surface area contributed by atoms with Crippen molar-refractivity contribution in [3.8, 4) is 11.1 Å². The topological polar surface area (TPSA) is 21.3 Å². The molecule has 0 amide bonds. The summed E-state index contributed by atoms with van der Waals surface area (Å²) in [5.74, 6) is 0. The van der Waals surface area contributed by atoms with Gasteiger partial charge in [-0.1, -0.05) is 41.9 Å². The van der Waals surface area contributed by atoms with Crippen LogP contribution in [0.25, 0.3) is 11.1 Å². The van der Waals surface area contributed by atoms with E-state index < -0.39 is 0 Å². The molecule has 1 fully saturated rings. The van der Waals surface area contributed by atoms with Crippen LogP contribution in [0.3, 0.4) is 0 Å². The second-order valence-corrected chi connectivity index (χ2v) is 5.16. The third-order valence-electron chi connectivity index (χ3n) is 3.35. The summed E-state index contributed by atoms with van der Waals surface area (Å²) in [6.45, 7) is 2.37. The quantitative estimate of drug-likeness (QED) is 0.901. The van der Waals surface area contributed by atoms with E-state index in [9.17, 15) is 0 Å². The van der Waals surface area contributed by atoms with E-state index in [-0.39, 0.29) is 6.04 Å². The number of morpholine rings is 1. The third-order valence-corrected chi connectivity index (χ3v) is 3.57. The Kier molecular flexibility index (Phi) is 3.83. The Morgan fingerprint density at radius 2 is 1.89 bits per heavy atom. The summed E-state index contributed by atoms with van der Waals surface area (Å²) >= 11 is 6.25.